The van der Waals surface area contributed by atoms with Crippen molar-refractivity contribution in [3.8, 4) is 5.75 Å². The number of benzene rings is 1. The van der Waals surface area contributed by atoms with Gasteiger partial charge < -0.3 is 14.9 Å². The number of allylic oxidation sites excluding steroid dienone is 1. The molecule has 0 bridgehead atoms. The number of aliphatic carboxylic acids is 2. The molecule has 0 aromatic heterocycles. The standard InChI is InChI=1S/C8H5Cl3O3.C4H6O2.Mg/c9-4-1-6(11)7(2-5(4)10)14-3-8(12)13;1-2-3-4(5)6;/h1-2H,3H2,(H,12,13);2-3H,1H3,(H,5,6);. The lowest BCUT2D eigenvalue weighted by atomic mass is 10.3. The zero-order valence-corrected chi connectivity index (χ0v) is 14.7. The van der Waals surface area contributed by atoms with Gasteiger partial charge in [-0.05, 0) is 13.0 Å². The van der Waals surface area contributed by atoms with Crippen LogP contribution in [0.5, 0.6) is 5.75 Å². The molecule has 2 N–H and O–H groups in total. The summed E-state index contributed by atoms with van der Waals surface area (Å²) < 4.78 is 4.86. The Morgan fingerprint density at radius 2 is 1.67 bits per heavy atom. The van der Waals surface area contributed by atoms with Gasteiger partial charge in [0.15, 0.2) is 6.61 Å². The van der Waals surface area contributed by atoms with Crippen molar-refractivity contribution in [2.24, 2.45) is 0 Å². The highest BCUT2D eigenvalue weighted by molar-refractivity contribution is 6.43. The minimum Gasteiger partial charge on any atom is -0.480 e. The molecule has 0 unspecified atom stereocenters. The summed E-state index contributed by atoms with van der Waals surface area (Å²) in [4.78, 5) is 19.7. The van der Waals surface area contributed by atoms with Gasteiger partial charge in [0, 0.05) is 35.2 Å². The smallest absolute Gasteiger partial charge is 0.341 e. The molecule has 0 aliphatic heterocycles. The molecule has 0 fully saturated rings. The fourth-order valence-corrected chi connectivity index (χ4v) is 1.49. The van der Waals surface area contributed by atoms with Crippen LogP contribution >= 0.6 is 34.8 Å². The molecule has 0 amide bonds. The summed E-state index contributed by atoms with van der Waals surface area (Å²) in [5.41, 5.74) is 0. The van der Waals surface area contributed by atoms with Crippen molar-refractivity contribution >= 4 is 69.8 Å². The third-order valence-electron chi connectivity index (χ3n) is 1.64. The summed E-state index contributed by atoms with van der Waals surface area (Å²) in [6.07, 6.45) is 2.56. The molecule has 9 heteroatoms. The molecule has 21 heavy (non-hydrogen) atoms. The SMILES string of the molecule is CC=CC(=O)O.O=C(O)COc1cc(Cl)c(Cl)cc1Cl.[Mg]. The third-order valence-corrected chi connectivity index (χ3v) is 2.65. The molecule has 0 saturated carbocycles. The normalized spacial score (nSPS) is 9.33. The van der Waals surface area contributed by atoms with Crippen LogP contribution in [0.3, 0.4) is 0 Å². The van der Waals surface area contributed by atoms with Gasteiger partial charge in [-0.3, -0.25) is 0 Å². The van der Waals surface area contributed by atoms with Crippen LogP contribution in [0, 0.1) is 0 Å². The van der Waals surface area contributed by atoms with Crippen molar-refractivity contribution in [1.29, 1.82) is 0 Å². The quantitative estimate of drug-likeness (QED) is 0.485. The van der Waals surface area contributed by atoms with Gasteiger partial charge >= 0.3 is 11.9 Å². The number of carboxylic acid groups (broad SMARTS) is 2. The molecule has 1 rings (SSSR count). The summed E-state index contributed by atoms with van der Waals surface area (Å²) in [5.74, 6) is -1.78. The molecule has 0 saturated heterocycles. The number of rotatable bonds is 4. The first kappa shape index (κ1) is 22.6. The van der Waals surface area contributed by atoms with E-state index in [0.29, 0.717) is 5.02 Å². The van der Waals surface area contributed by atoms with E-state index >= 15 is 0 Å². The zero-order valence-electron chi connectivity index (χ0n) is 11.0. The van der Waals surface area contributed by atoms with Gasteiger partial charge in [-0.1, -0.05) is 40.9 Å². The number of ether oxygens (including phenoxy) is 1. The van der Waals surface area contributed by atoms with E-state index in [1.807, 2.05) is 0 Å². The minimum absolute atomic E-state index is 0. The van der Waals surface area contributed by atoms with Gasteiger partial charge in [0.25, 0.3) is 0 Å². The number of hydrogen-bond donors (Lipinski definition) is 2. The first-order valence-corrected chi connectivity index (χ1v) is 6.26. The van der Waals surface area contributed by atoms with E-state index < -0.39 is 18.5 Å². The predicted octanol–water partition coefficient (Wildman–Crippen LogP) is 3.38. The highest BCUT2D eigenvalue weighted by Crippen LogP contribution is 2.33. The van der Waals surface area contributed by atoms with E-state index in [4.69, 9.17) is 49.8 Å². The molecule has 112 valence electrons. The molecule has 0 aliphatic rings. The Kier molecular flexibility index (Phi) is 12.9. The van der Waals surface area contributed by atoms with Gasteiger partial charge in [0.1, 0.15) is 5.75 Å². The summed E-state index contributed by atoms with van der Waals surface area (Å²) in [6.45, 7) is 1.19. The van der Waals surface area contributed by atoms with Crippen molar-refractivity contribution in [2.45, 2.75) is 6.92 Å². The molecule has 0 atom stereocenters. The average molecular weight is 366 g/mol. The monoisotopic (exact) mass is 364 g/mol. The van der Waals surface area contributed by atoms with E-state index in [2.05, 4.69) is 0 Å². The van der Waals surface area contributed by atoms with Gasteiger partial charge in [-0.25, -0.2) is 9.59 Å². The molecule has 2 radical (unpaired) electrons. The maximum absolute atomic E-state index is 10.2. The van der Waals surface area contributed by atoms with Crippen LogP contribution < -0.4 is 4.74 Å². The molecule has 0 heterocycles. The van der Waals surface area contributed by atoms with Gasteiger partial charge in [-0.2, -0.15) is 0 Å². The van der Waals surface area contributed by atoms with Crippen LogP contribution in [-0.4, -0.2) is 51.8 Å². The Morgan fingerprint density at radius 1 is 1.14 bits per heavy atom. The fraction of sp³-hybridized carbons (Fsp3) is 0.167. The van der Waals surface area contributed by atoms with Gasteiger partial charge in [0.05, 0.1) is 15.1 Å². The summed E-state index contributed by atoms with van der Waals surface area (Å²) in [7, 11) is 0. The van der Waals surface area contributed by atoms with Gasteiger partial charge in [-0.15, -0.1) is 0 Å². The van der Waals surface area contributed by atoms with Crippen LogP contribution in [0.15, 0.2) is 24.3 Å². The maximum Gasteiger partial charge on any atom is 0.341 e. The zero-order chi connectivity index (χ0) is 15.7. The molecule has 0 spiro atoms. The summed E-state index contributed by atoms with van der Waals surface area (Å²) >= 11 is 17.1. The number of carboxylic acids is 2. The first-order valence-electron chi connectivity index (χ1n) is 5.12. The highest BCUT2D eigenvalue weighted by atomic mass is 35.5. The average Bonchev–Trinajstić information content (AvgIpc) is 2.32. The Morgan fingerprint density at radius 3 is 2.05 bits per heavy atom. The van der Waals surface area contributed by atoms with Crippen molar-refractivity contribution in [3.63, 3.8) is 0 Å². The Bertz CT molecular complexity index is 520. The van der Waals surface area contributed by atoms with Crippen LogP contribution in [0.2, 0.25) is 15.1 Å². The largest absolute Gasteiger partial charge is 0.480 e. The summed E-state index contributed by atoms with van der Waals surface area (Å²) in [6, 6.07) is 2.76. The first-order chi connectivity index (χ1) is 9.27. The topological polar surface area (TPSA) is 83.8 Å². The molecule has 1 aromatic carbocycles. The lowest BCUT2D eigenvalue weighted by molar-refractivity contribution is -0.139. The molecular weight excluding hydrogens is 355 g/mol. The van der Waals surface area contributed by atoms with Crippen LogP contribution in [0.1, 0.15) is 6.92 Å². The molecule has 1 aromatic rings. The second kappa shape index (κ2) is 11.9. The van der Waals surface area contributed by atoms with Crippen LogP contribution in [0.4, 0.5) is 0 Å². The molecular formula is C12H11Cl3MgO5. The van der Waals surface area contributed by atoms with Crippen molar-refractivity contribution in [2.75, 3.05) is 6.61 Å². The van der Waals surface area contributed by atoms with Crippen molar-refractivity contribution < 1.29 is 24.5 Å². The van der Waals surface area contributed by atoms with E-state index in [-0.39, 0.29) is 38.8 Å². The van der Waals surface area contributed by atoms with E-state index in [0.717, 1.165) is 6.08 Å². The van der Waals surface area contributed by atoms with Crippen molar-refractivity contribution in [3.05, 3.63) is 39.4 Å². The highest BCUT2D eigenvalue weighted by Gasteiger charge is 2.08. The second-order valence-electron chi connectivity index (χ2n) is 3.22. The Hall–Kier alpha value is -0.664. The van der Waals surface area contributed by atoms with E-state index in [1.165, 1.54) is 18.2 Å². The predicted molar refractivity (Wildman–Crippen MR) is 82.8 cm³/mol. The third kappa shape index (κ3) is 10.7. The summed E-state index contributed by atoms with van der Waals surface area (Å²) in [5, 5.41) is 17.0. The molecule has 5 nitrogen and oxygen atoms in total. The Labute approximate surface area is 152 Å². The van der Waals surface area contributed by atoms with Crippen LogP contribution in [0.25, 0.3) is 0 Å². The maximum atomic E-state index is 10.2. The number of carbonyl (C=O) groups is 2. The lowest BCUT2D eigenvalue weighted by Crippen LogP contribution is -2.09. The lowest BCUT2D eigenvalue weighted by Gasteiger charge is -2.06. The minimum atomic E-state index is -1.09. The fourth-order valence-electron chi connectivity index (χ4n) is 0.897. The van der Waals surface area contributed by atoms with Crippen LogP contribution in [-0.2, 0) is 9.59 Å². The Balaban J connectivity index is 0. The second-order valence-corrected chi connectivity index (χ2v) is 4.44. The van der Waals surface area contributed by atoms with Crippen molar-refractivity contribution in [1.82, 2.24) is 0 Å². The molecule has 0 aliphatic carbocycles. The van der Waals surface area contributed by atoms with E-state index in [9.17, 15) is 9.59 Å². The number of halogens is 3. The van der Waals surface area contributed by atoms with E-state index in [1.54, 1.807) is 6.92 Å². The van der Waals surface area contributed by atoms with Gasteiger partial charge in [0.2, 0.25) is 0 Å². The number of hydrogen-bond acceptors (Lipinski definition) is 3.